The van der Waals surface area contributed by atoms with Crippen molar-refractivity contribution in [2.24, 2.45) is 0 Å². The maximum atomic E-state index is 14.1. The SMILES string of the molecule is C=CCN1C(=O)N[C@@H](c2ccccc2C(F)(F)F)C2=C1CN([C@H](C(=O)Nc1ccc(F)cc1)c1ccccc1)C2=O. The van der Waals surface area contributed by atoms with Gasteiger partial charge in [-0.25, -0.2) is 9.18 Å². The molecule has 3 aromatic rings. The average molecular weight is 565 g/mol. The van der Waals surface area contributed by atoms with Crippen molar-refractivity contribution in [3.63, 3.8) is 0 Å². The molecule has 2 N–H and O–H groups in total. The fourth-order valence-electron chi connectivity index (χ4n) is 5.14. The van der Waals surface area contributed by atoms with Gasteiger partial charge in [-0.3, -0.25) is 14.5 Å². The number of hydrogen-bond donors (Lipinski definition) is 2. The summed E-state index contributed by atoms with van der Waals surface area (Å²) >= 11 is 0. The third-order valence-corrected chi connectivity index (χ3v) is 6.93. The lowest BCUT2D eigenvalue weighted by Gasteiger charge is -2.33. The number of halogens is 4. The molecule has 7 nitrogen and oxygen atoms in total. The molecule has 210 valence electrons. The van der Waals surface area contributed by atoms with Gasteiger partial charge >= 0.3 is 12.2 Å². The summed E-state index contributed by atoms with van der Waals surface area (Å²) < 4.78 is 55.4. The van der Waals surface area contributed by atoms with E-state index in [-0.39, 0.29) is 35.6 Å². The van der Waals surface area contributed by atoms with Crippen LogP contribution in [0.3, 0.4) is 0 Å². The fraction of sp³-hybridized carbons (Fsp3) is 0.167. The number of nitrogens with one attached hydrogen (secondary N) is 2. The Hall–Kier alpha value is -4.93. The summed E-state index contributed by atoms with van der Waals surface area (Å²) in [7, 11) is 0. The fourth-order valence-corrected chi connectivity index (χ4v) is 5.14. The molecule has 4 amide bonds. The van der Waals surface area contributed by atoms with Crippen molar-refractivity contribution in [1.29, 1.82) is 0 Å². The molecule has 0 unspecified atom stereocenters. The molecule has 2 aliphatic rings. The Bertz CT molecular complexity index is 1540. The smallest absolute Gasteiger partial charge is 0.326 e. The molecule has 0 fully saturated rings. The number of carbonyl (C=O) groups is 3. The minimum absolute atomic E-state index is 0.0167. The summed E-state index contributed by atoms with van der Waals surface area (Å²) in [4.78, 5) is 43.4. The van der Waals surface area contributed by atoms with Gasteiger partial charge in [0, 0.05) is 12.2 Å². The van der Waals surface area contributed by atoms with Gasteiger partial charge in [-0.15, -0.1) is 6.58 Å². The second kappa shape index (κ2) is 10.9. The van der Waals surface area contributed by atoms with E-state index in [0.717, 1.165) is 6.07 Å². The Morgan fingerprint density at radius 1 is 1.02 bits per heavy atom. The van der Waals surface area contributed by atoms with E-state index in [1.54, 1.807) is 30.3 Å². The van der Waals surface area contributed by atoms with Gasteiger partial charge in [-0.05, 0) is 41.5 Å². The van der Waals surface area contributed by atoms with Crippen molar-refractivity contribution in [2.75, 3.05) is 18.4 Å². The summed E-state index contributed by atoms with van der Waals surface area (Å²) in [5.74, 6) is -1.84. The molecule has 41 heavy (non-hydrogen) atoms. The van der Waals surface area contributed by atoms with Gasteiger partial charge in [0.2, 0.25) is 0 Å². The van der Waals surface area contributed by atoms with Gasteiger partial charge in [0.25, 0.3) is 11.8 Å². The molecule has 11 heteroatoms. The van der Waals surface area contributed by atoms with Gasteiger partial charge in [0.05, 0.1) is 29.4 Å². The number of carbonyl (C=O) groups excluding carboxylic acids is 3. The Morgan fingerprint density at radius 3 is 2.34 bits per heavy atom. The largest absolute Gasteiger partial charge is 0.416 e. The van der Waals surface area contributed by atoms with Crippen LogP contribution < -0.4 is 10.6 Å². The lowest BCUT2D eigenvalue weighted by atomic mass is 9.91. The summed E-state index contributed by atoms with van der Waals surface area (Å²) in [6, 6.07) is 14.8. The topological polar surface area (TPSA) is 81.8 Å². The molecule has 5 rings (SSSR count). The molecular formula is C30H24F4N4O3. The average Bonchev–Trinajstić information content (AvgIpc) is 3.28. The highest BCUT2D eigenvalue weighted by atomic mass is 19.4. The summed E-state index contributed by atoms with van der Waals surface area (Å²) in [6.45, 7) is 3.40. The predicted molar refractivity (Wildman–Crippen MR) is 143 cm³/mol. The molecule has 0 aliphatic carbocycles. The van der Waals surface area contributed by atoms with Crippen LogP contribution in [-0.2, 0) is 15.8 Å². The molecule has 0 bridgehead atoms. The van der Waals surface area contributed by atoms with E-state index in [0.29, 0.717) is 5.56 Å². The number of benzene rings is 3. The number of anilines is 1. The van der Waals surface area contributed by atoms with Crippen LogP contribution in [-0.4, -0.2) is 40.7 Å². The standard InChI is InChI=1S/C30H24F4N4O3/c1-2-16-37-23-17-38(26(18-8-4-3-5-9-18)27(39)35-20-14-12-19(31)13-15-20)28(40)24(23)25(36-29(37)41)21-10-6-7-11-22(21)30(32,33)34/h2-15,25-26H,1,16-17H2,(H,35,39)(H,36,41)/t25-,26-/m0/s1. The van der Waals surface area contributed by atoms with Gasteiger partial charge in [0.1, 0.15) is 11.9 Å². The first-order valence-electron chi connectivity index (χ1n) is 12.6. The van der Waals surface area contributed by atoms with Gasteiger partial charge in [0.15, 0.2) is 0 Å². The van der Waals surface area contributed by atoms with Crippen molar-refractivity contribution in [1.82, 2.24) is 15.1 Å². The van der Waals surface area contributed by atoms with Crippen LogP contribution in [0.4, 0.5) is 28.0 Å². The molecular weight excluding hydrogens is 540 g/mol. The van der Waals surface area contributed by atoms with Crippen LogP contribution in [0.2, 0.25) is 0 Å². The Kier molecular flexibility index (Phi) is 7.36. The molecule has 0 spiro atoms. The highest BCUT2D eigenvalue weighted by Crippen LogP contribution is 2.43. The van der Waals surface area contributed by atoms with Crippen molar-refractivity contribution < 1.29 is 31.9 Å². The molecule has 0 saturated carbocycles. The first-order valence-corrected chi connectivity index (χ1v) is 12.6. The molecule has 0 radical (unpaired) electrons. The quantitative estimate of drug-likeness (QED) is 0.291. The summed E-state index contributed by atoms with van der Waals surface area (Å²) in [5.41, 5.74) is -0.462. The second-order valence-electron chi connectivity index (χ2n) is 9.47. The van der Waals surface area contributed by atoms with Gasteiger partial charge in [-0.2, -0.15) is 13.2 Å². The van der Waals surface area contributed by atoms with Crippen LogP contribution in [0.5, 0.6) is 0 Å². The summed E-state index contributed by atoms with van der Waals surface area (Å²) in [6.07, 6.45) is -3.32. The first-order chi connectivity index (χ1) is 19.6. The first kappa shape index (κ1) is 27.6. The van der Waals surface area contributed by atoms with E-state index < -0.39 is 47.5 Å². The maximum absolute atomic E-state index is 14.1. The Balaban J connectivity index is 1.59. The number of nitrogens with zero attached hydrogens (tertiary/aromatic N) is 2. The molecule has 0 saturated heterocycles. The van der Waals surface area contributed by atoms with Crippen LogP contribution in [0.1, 0.15) is 28.8 Å². The third kappa shape index (κ3) is 5.30. The van der Waals surface area contributed by atoms with Crippen LogP contribution in [0.25, 0.3) is 0 Å². The molecule has 2 atom stereocenters. The molecule has 2 aliphatic heterocycles. The summed E-state index contributed by atoms with van der Waals surface area (Å²) in [5, 5.41) is 5.24. The second-order valence-corrected chi connectivity index (χ2v) is 9.47. The maximum Gasteiger partial charge on any atom is 0.416 e. The van der Waals surface area contributed by atoms with Crippen LogP contribution in [0, 0.1) is 5.82 Å². The number of urea groups is 1. The third-order valence-electron chi connectivity index (χ3n) is 6.93. The highest BCUT2D eigenvalue weighted by Gasteiger charge is 2.49. The van der Waals surface area contributed by atoms with Crippen LogP contribution in [0.15, 0.2) is 103 Å². The zero-order valence-corrected chi connectivity index (χ0v) is 21.5. The van der Waals surface area contributed by atoms with E-state index in [1.807, 2.05) is 0 Å². The van der Waals surface area contributed by atoms with Crippen LogP contribution >= 0.6 is 0 Å². The van der Waals surface area contributed by atoms with Crippen molar-refractivity contribution in [3.8, 4) is 0 Å². The van der Waals surface area contributed by atoms with Gasteiger partial charge < -0.3 is 15.5 Å². The highest BCUT2D eigenvalue weighted by molar-refractivity contribution is 6.05. The van der Waals surface area contributed by atoms with E-state index in [1.165, 1.54) is 58.3 Å². The lowest BCUT2D eigenvalue weighted by molar-refractivity contribution is -0.138. The lowest BCUT2D eigenvalue weighted by Crippen LogP contribution is -2.47. The number of rotatable bonds is 7. The zero-order chi connectivity index (χ0) is 29.3. The van der Waals surface area contributed by atoms with E-state index in [2.05, 4.69) is 17.2 Å². The molecule has 0 aromatic heterocycles. The van der Waals surface area contributed by atoms with E-state index in [9.17, 15) is 31.9 Å². The number of hydrogen-bond acceptors (Lipinski definition) is 3. The van der Waals surface area contributed by atoms with E-state index >= 15 is 0 Å². The predicted octanol–water partition coefficient (Wildman–Crippen LogP) is 5.57. The minimum atomic E-state index is -4.75. The Morgan fingerprint density at radius 2 is 1.68 bits per heavy atom. The van der Waals surface area contributed by atoms with Crippen molar-refractivity contribution in [3.05, 3.63) is 125 Å². The molecule has 2 heterocycles. The number of amides is 4. The normalized spacial score (nSPS) is 17.7. The van der Waals surface area contributed by atoms with E-state index in [4.69, 9.17) is 0 Å². The number of alkyl halides is 3. The zero-order valence-electron chi connectivity index (χ0n) is 21.5. The minimum Gasteiger partial charge on any atom is -0.326 e. The van der Waals surface area contributed by atoms with Gasteiger partial charge in [-0.1, -0.05) is 54.6 Å². The molecule has 3 aromatic carbocycles. The monoisotopic (exact) mass is 564 g/mol. The Labute approximate surface area is 232 Å². The van der Waals surface area contributed by atoms with Crippen molar-refractivity contribution >= 4 is 23.5 Å². The van der Waals surface area contributed by atoms with Crippen molar-refractivity contribution in [2.45, 2.75) is 18.3 Å².